The molecule has 1 N–H and O–H groups in total. The fourth-order valence-corrected chi connectivity index (χ4v) is 3.50. The van der Waals surface area contributed by atoms with E-state index >= 15 is 0 Å². The zero-order valence-corrected chi connectivity index (χ0v) is 15.4. The molecule has 3 aromatic carbocycles. The van der Waals surface area contributed by atoms with E-state index < -0.39 is 0 Å². The van der Waals surface area contributed by atoms with E-state index in [9.17, 15) is 4.79 Å². The van der Waals surface area contributed by atoms with E-state index in [1.807, 2.05) is 72.8 Å². The van der Waals surface area contributed by atoms with Crippen LogP contribution in [-0.4, -0.2) is 11.3 Å². The number of rotatable bonds is 6. The highest BCUT2D eigenvalue weighted by atomic mass is 35.5. The Balaban J connectivity index is 1.65. The maximum atomic E-state index is 11.0. The van der Waals surface area contributed by atoms with Crippen LogP contribution in [0.25, 0.3) is 22.2 Å². The molecule has 1 heterocycles. The first-order valence-electron chi connectivity index (χ1n) is 8.75. The van der Waals surface area contributed by atoms with Crippen LogP contribution in [0.3, 0.4) is 0 Å². The summed E-state index contributed by atoms with van der Waals surface area (Å²) in [6.07, 6.45) is 1.23. The highest BCUT2D eigenvalue weighted by Crippen LogP contribution is 2.34. The number of H-pyrrole nitrogens is 1. The molecule has 0 aliphatic rings. The molecule has 0 atom stereocenters. The van der Waals surface area contributed by atoms with Crippen LogP contribution in [0.5, 0.6) is 5.75 Å². The third kappa shape index (κ3) is 3.74. The van der Waals surface area contributed by atoms with Gasteiger partial charge in [0, 0.05) is 28.6 Å². The predicted octanol–water partition coefficient (Wildman–Crippen LogP) is 5.81. The van der Waals surface area contributed by atoms with Crippen LogP contribution in [0, 0.1) is 0 Å². The van der Waals surface area contributed by atoms with E-state index in [0.29, 0.717) is 18.1 Å². The highest BCUT2D eigenvalue weighted by Gasteiger charge is 2.12. The minimum absolute atomic E-state index is 0.330. The van der Waals surface area contributed by atoms with Crippen LogP contribution in [0.15, 0.2) is 72.8 Å². The van der Waals surface area contributed by atoms with Crippen LogP contribution in [0.4, 0.5) is 0 Å². The van der Waals surface area contributed by atoms with Gasteiger partial charge >= 0.3 is 0 Å². The Labute approximate surface area is 162 Å². The fraction of sp³-hybridized carbons (Fsp3) is 0.0870. The second-order valence-corrected chi connectivity index (χ2v) is 6.76. The first-order chi connectivity index (χ1) is 13.2. The molecule has 4 aromatic rings. The standard InChI is InChI=1S/C23H18ClNO2/c24-20-8-4-7-17(11-12-26)23(20)22-14-18-13-19(9-10-21(18)25-22)27-15-16-5-2-1-3-6-16/h1-10,12-14,25H,11,15H2. The van der Waals surface area contributed by atoms with Crippen molar-refractivity contribution in [3.8, 4) is 17.0 Å². The van der Waals surface area contributed by atoms with Gasteiger partial charge in [-0.1, -0.05) is 54.1 Å². The Bertz CT molecular complexity index is 1090. The predicted molar refractivity (Wildman–Crippen MR) is 109 cm³/mol. The third-order valence-corrected chi connectivity index (χ3v) is 4.83. The number of hydrogen-bond acceptors (Lipinski definition) is 2. The molecule has 134 valence electrons. The van der Waals surface area contributed by atoms with Crippen LogP contribution in [-0.2, 0) is 17.8 Å². The van der Waals surface area contributed by atoms with Crippen molar-refractivity contribution in [3.05, 3.63) is 88.9 Å². The van der Waals surface area contributed by atoms with E-state index in [-0.39, 0.29) is 0 Å². The van der Waals surface area contributed by atoms with Crippen molar-refractivity contribution in [2.24, 2.45) is 0 Å². The molecular formula is C23H18ClNO2. The van der Waals surface area contributed by atoms with Crippen molar-refractivity contribution >= 4 is 28.8 Å². The summed E-state index contributed by atoms with van der Waals surface area (Å²) in [5.74, 6) is 0.809. The van der Waals surface area contributed by atoms with Gasteiger partial charge in [0.15, 0.2) is 0 Å². The number of aromatic nitrogens is 1. The summed E-state index contributed by atoms with van der Waals surface area (Å²) >= 11 is 6.42. The van der Waals surface area contributed by atoms with Gasteiger partial charge in [0.2, 0.25) is 0 Å². The fourth-order valence-electron chi connectivity index (χ4n) is 3.21. The number of carbonyl (C=O) groups excluding carboxylic acids is 1. The molecule has 0 saturated carbocycles. The summed E-state index contributed by atoms with van der Waals surface area (Å²) in [7, 11) is 0. The molecule has 0 spiro atoms. The number of ether oxygens (including phenoxy) is 1. The highest BCUT2D eigenvalue weighted by molar-refractivity contribution is 6.33. The molecule has 4 heteroatoms. The van der Waals surface area contributed by atoms with Crippen molar-refractivity contribution in [3.63, 3.8) is 0 Å². The summed E-state index contributed by atoms with van der Waals surface area (Å²) < 4.78 is 5.91. The Morgan fingerprint density at radius 3 is 2.63 bits per heavy atom. The van der Waals surface area contributed by atoms with Crippen molar-refractivity contribution in [2.45, 2.75) is 13.0 Å². The molecule has 0 bridgehead atoms. The first-order valence-corrected chi connectivity index (χ1v) is 9.13. The summed E-state index contributed by atoms with van der Waals surface area (Å²) in [4.78, 5) is 14.4. The van der Waals surface area contributed by atoms with Crippen LogP contribution in [0.1, 0.15) is 11.1 Å². The SMILES string of the molecule is O=CCc1cccc(Cl)c1-c1cc2cc(OCc3ccccc3)ccc2[nH]1. The van der Waals surface area contributed by atoms with Gasteiger partial charge in [-0.25, -0.2) is 0 Å². The Morgan fingerprint density at radius 1 is 0.963 bits per heavy atom. The quantitative estimate of drug-likeness (QED) is 0.432. The van der Waals surface area contributed by atoms with Crippen LogP contribution >= 0.6 is 11.6 Å². The molecule has 0 unspecified atom stereocenters. The Hall–Kier alpha value is -3.04. The summed E-state index contributed by atoms with van der Waals surface area (Å²) in [5.41, 5.74) is 4.79. The topological polar surface area (TPSA) is 42.1 Å². The van der Waals surface area contributed by atoms with Gasteiger partial charge < -0.3 is 14.5 Å². The Kier molecular flexibility index (Phi) is 4.95. The lowest BCUT2D eigenvalue weighted by molar-refractivity contribution is -0.107. The molecule has 0 aliphatic heterocycles. The van der Waals surface area contributed by atoms with E-state index in [1.165, 1.54) is 0 Å². The van der Waals surface area contributed by atoms with Gasteiger partial charge in [-0.3, -0.25) is 0 Å². The summed E-state index contributed by atoms with van der Waals surface area (Å²) in [6, 6.07) is 23.7. The lowest BCUT2D eigenvalue weighted by Crippen LogP contribution is -1.94. The molecule has 1 aromatic heterocycles. The zero-order valence-electron chi connectivity index (χ0n) is 14.6. The number of fused-ring (bicyclic) bond motifs is 1. The molecule has 0 radical (unpaired) electrons. The number of aromatic amines is 1. The van der Waals surface area contributed by atoms with Crippen molar-refractivity contribution < 1.29 is 9.53 Å². The molecule has 0 aliphatic carbocycles. The monoisotopic (exact) mass is 375 g/mol. The van der Waals surface area contributed by atoms with Gasteiger partial charge in [0.05, 0.1) is 5.02 Å². The largest absolute Gasteiger partial charge is 0.489 e. The lowest BCUT2D eigenvalue weighted by atomic mass is 10.0. The minimum atomic E-state index is 0.330. The number of benzene rings is 3. The zero-order chi connectivity index (χ0) is 18.6. The molecule has 27 heavy (non-hydrogen) atoms. The molecule has 0 saturated heterocycles. The molecule has 4 rings (SSSR count). The first kappa shape index (κ1) is 17.4. The third-order valence-electron chi connectivity index (χ3n) is 4.51. The second-order valence-electron chi connectivity index (χ2n) is 6.35. The van der Waals surface area contributed by atoms with E-state index in [4.69, 9.17) is 16.3 Å². The number of hydrogen-bond donors (Lipinski definition) is 1. The molecule has 0 fully saturated rings. The average molecular weight is 376 g/mol. The van der Waals surface area contributed by atoms with Crippen molar-refractivity contribution in [2.75, 3.05) is 0 Å². The van der Waals surface area contributed by atoms with Gasteiger partial charge in [0.1, 0.15) is 18.6 Å². The molecule has 3 nitrogen and oxygen atoms in total. The van der Waals surface area contributed by atoms with Gasteiger partial charge in [0.25, 0.3) is 0 Å². The summed E-state index contributed by atoms with van der Waals surface area (Å²) in [6.45, 7) is 0.525. The average Bonchev–Trinajstić information content (AvgIpc) is 3.10. The van der Waals surface area contributed by atoms with Crippen LogP contribution in [0.2, 0.25) is 5.02 Å². The smallest absolute Gasteiger partial charge is 0.124 e. The van der Waals surface area contributed by atoms with Crippen LogP contribution < -0.4 is 4.74 Å². The maximum absolute atomic E-state index is 11.0. The van der Waals surface area contributed by atoms with E-state index in [2.05, 4.69) is 4.98 Å². The number of nitrogens with one attached hydrogen (secondary N) is 1. The Morgan fingerprint density at radius 2 is 1.81 bits per heavy atom. The van der Waals surface area contributed by atoms with E-state index in [0.717, 1.165) is 45.3 Å². The molecular weight excluding hydrogens is 358 g/mol. The minimum Gasteiger partial charge on any atom is -0.489 e. The van der Waals surface area contributed by atoms with E-state index in [1.54, 1.807) is 0 Å². The van der Waals surface area contributed by atoms with Gasteiger partial charge in [-0.05, 0) is 41.5 Å². The van der Waals surface area contributed by atoms with Gasteiger partial charge in [-0.2, -0.15) is 0 Å². The van der Waals surface area contributed by atoms with Crippen molar-refractivity contribution in [1.29, 1.82) is 0 Å². The lowest BCUT2D eigenvalue weighted by Gasteiger charge is -2.07. The number of aldehydes is 1. The maximum Gasteiger partial charge on any atom is 0.124 e. The molecule has 0 amide bonds. The van der Waals surface area contributed by atoms with Gasteiger partial charge in [-0.15, -0.1) is 0 Å². The number of halogens is 1. The summed E-state index contributed by atoms with van der Waals surface area (Å²) in [5, 5.41) is 1.66. The second kappa shape index (κ2) is 7.68. The number of carbonyl (C=O) groups is 1. The van der Waals surface area contributed by atoms with Crippen molar-refractivity contribution in [1.82, 2.24) is 4.98 Å². The normalized spacial score (nSPS) is 10.9.